The number of carbonyl (C=O) groups excluding carboxylic acids is 1. The minimum absolute atomic E-state index is 0.0861. The van der Waals surface area contributed by atoms with E-state index in [0.717, 1.165) is 0 Å². The average Bonchev–Trinajstić information content (AvgIpc) is 2.81. The van der Waals surface area contributed by atoms with Crippen LogP contribution in [0.25, 0.3) is 5.69 Å². The lowest BCUT2D eigenvalue weighted by atomic mass is 10.1. The van der Waals surface area contributed by atoms with Crippen molar-refractivity contribution in [3.63, 3.8) is 0 Å². The molecule has 0 N–H and O–H groups in total. The molecule has 17 heavy (non-hydrogen) atoms. The van der Waals surface area contributed by atoms with Gasteiger partial charge in [-0.2, -0.15) is 5.10 Å². The highest BCUT2D eigenvalue weighted by molar-refractivity contribution is 5.98. The number of ketones is 1. The smallest absolute Gasteiger partial charge is 0.280 e. The van der Waals surface area contributed by atoms with Gasteiger partial charge in [0.25, 0.3) is 5.69 Å². The second-order valence-corrected chi connectivity index (χ2v) is 3.47. The van der Waals surface area contributed by atoms with Crippen LogP contribution < -0.4 is 0 Å². The van der Waals surface area contributed by atoms with E-state index in [1.165, 1.54) is 23.7 Å². The maximum atomic E-state index is 11.4. The van der Waals surface area contributed by atoms with E-state index < -0.39 is 4.92 Å². The number of benzene rings is 1. The molecule has 6 nitrogen and oxygen atoms in total. The van der Waals surface area contributed by atoms with E-state index in [1.807, 2.05) is 0 Å². The van der Waals surface area contributed by atoms with Gasteiger partial charge in [-0.15, -0.1) is 0 Å². The number of Topliss-reactive ketones (excluding diaryl/α,β-unsaturated/α-hetero) is 1. The van der Waals surface area contributed by atoms with Crippen molar-refractivity contribution in [3.8, 4) is 5.69 Å². The van der Waals surface area contributed by atoms with Crippen molar-refractivity contribution in [2.45, 2.75) is 6.92 Å². The average molecular weight is 231 g/mol. The van der Waals surface area contributed by atoms with Crippen LogP contribution in [0.2, 0.25) is 0 Å². The first-order valence-electron chi connectivity index (χ1n) is 4.89. The predicted octanol–water partition coefficient (Wildman–Crippen LogP) is 1.98. The molecular formula is C11H9N3O3. The van der Waals surface area contributed by atoms with Gasteiger partial charge >= 0.3 is 0 Å². The van der Waals surface area contributed by atoms with E-state index in [2.05, 4.69) is 5.10 Å². The molecule has 86 valence electrons. The van der Waals surface area contributed by atoms with Crippen molar-refractivity contribution in [3.05, 3.63) is 52.3 Å². The molecule has 1 aromatic heterocycles. The Morgan fingerprint density at radius 3 is 2.76 bits per heavy atom. The number of aromatic nitrogens is 2. The SMILES string of the molecule is CC(=O)c1cc(-n2cccn2)ccc1[N+](=O)[O-]. The third-order valence-corrected chi connectivity index (χ3v) is 2.33. The van der Waals surface area contributed by atoms with E-state index in [1.54, 1.807) is 24.5 Å². The number of nitrogens with zero attached hydrogens (tertiary/aromatic N) is 3. The minimum Gasteiger partial charge on any atom is -0.294 e. The van der Waals surface area contributed by atoms with Gasteiger partial charge in [0.05, 0.1) is 16.2 Å². The second kappa shape index (κ2) is 4.17. The molecule has 0 aliphatic rings. The third-order valence-electron chi connectivity index (χ3n) is 2.33. The topological polar surface area (TPSA) is 78.0 Å². The fourth-order valence-corrected chi connectivity index (χ4v) is 1.53. The van der Waals surface area contributed by atoms with E-state index in [-0.39, 0.29) is 17.0 Å². The summed E-state index contributed by atoms with van der Waals surface area (Å²) in [6.07, 6.45) is 3.29. The summed E-state index contributed by atoms with van der Waals surface area (Å²) in [5, 5.41) is 14.8. The van der Waals surface area contributed by atoms with Gasteiger partial charge in [-0.1, -0.05) is 0 Å². The number of hydrogen-bond acceptors (Lipinski definition) is 4. The molecule has 0 amide bonds. The van der Waals surface area contributed by atoms with Crippen molar-refractivity contribution < 1.29 is 9.72 Å². The Balaban J connectivity index is 2.57. The van der Waals surface area contributed by atoms with Crippen LogP contribution in [0.4, 0.5) is 5.69 Å². The molecular weight excluding hydrogens is 222 g/mol. The van der Waals surface area contributed by atoms with E-state index in [9.17, 15) is 14.9 Å². The van der Waals surface area contributed by atoms with Gasteiger partial charge in [-0.05, 0) is 25.1 Å². The molecule has 0 fully saturated rings. The van der Waals surface area contributed by atoms with Crippen LogP contribution in [0.3, 0.4) is 0 Å². The molecule has 0 unspecified atom stereocenters. The molecule has 0 atom stereocenters. The highest BCUT2D eigenvalue weighted by Crippen LogP contribution is 2.22. The van der Waals surface area contributed by atoms with Crippen LogP contribution in [0.15, 0.2) is 36.7 Å². The normalized spacial score (nSPS) is 10.2. The van der Waals surface area contributed by atoms with Crippen molar-refractivity contribution >= 4 is 11.5 Å². The predicted molar refractivity (Wildman–Crippen MR) is 60.2 cm³/mol. The molecule has 0 radical (unpaired) electrons. The van der Waals surface area contributed by atoms with Crippen molar-refractivity contribution in [1.82, 2.24) is 9.78 Å². The zero-order valence-electron chi connectivity index (χ0n) is 9.03. The molecule has 6 heteroatoms. The van der Waals surface area contributed by atoms with E-state index >= 15 is 0 Å². The fourth-order valence-electron chi connectivity index (χ4n) is 1.53. The largest absolute Gasteiger partial charge is 0.294 e. The van der Waals surface area contributed by atoms with Crippen LogP contribution >= 0.6 is 0 Å². The van der Waals surface area contributed by atoms with Crippen molar-refractivity contribution in [2.75, 3.05) is 0 Å². The monoisotopic (exact) mass is 231 g/mol. The summed E-state index contributed by atoms with van der Waals surface area (Å²) >= 11 is 0. The molecule has 1 heterocycles. The second-order valence-electron chi connectivity index (χ2n) is 3.47. The van der Waals surface area contributed by atoms with Gasteiger partial charge in [0.1, 0.15) is 0 Å². The van der Waals surface area contributed by atoms with E-state index in [4.69, 9.17) is 0 Å². The summed E-state index contributed by atoms with van der Waals surface area (Å²) in [6, 6.07) is 6.06. The minimum atomic E-state index is -0.566. The van der Waals surface area contributed by atoms with Crippen molar-refractivity contribution in [2.24, 2.45) is 0 Å². The molecule has 2 rings (SSSR count). The molecule has 0 saturated carbocycles. The Bertz CT molecular complexity index is 576. The van der Waals surface area contributed by atoms with Gasteiger partial charge in [0.2, 0.25) is 0 Å². The Morgan fingerprint density at radius 1 is 1.47 bits per heavy atom. The first-order valence-corrected chi connectivity index (χ1v) is 4.89. The summed E-state index contributed by atoms with van der Waals surface area (Å²) in [6.45, 7) is 1.30. The number of nitro benzene ring substituents is 1. The van der Waals surface area contributed by atoms with E-state index in [0.29, 0.717) is 5.69 Å². The van der Waals surface area contributed by atoms with Crippen LogP contribution in [0, 0.1) is 10.1 Å². The zero-order valence-corrected chi connectivity index (χ0v) is 9.03. The zero-order chi connectivity index (χ0) is 12.4. The first kappa shape index (κ1) is 11.0. The molecule has 0 saturated heterocycles. The summed E-state index contributed by atoms with van der Waals surface area (Å²) < 4.78 is 1.54. The molecule has 0 aliphatic carbocycles. The lowest BCUT2D eigenvalue weighted by Crippen LogP contribution is -2.03. The number of rotatable bonds is 3. The number of nitro groups is 1. The first-order chi connectivity index (χ1) is 8.09. The van der Waals surface area contributed by atoms with Gasteiger partial charge < -0.3 is 0 Å². The summed E-state index contributed by atoms with van der Waals surface area (Å²) in [4.78, 5) is 21.5. The molecule has 1 aromatic carbocycles. The molecule has 0 aliphatic heterocycles. The quantitative estimate of drug-likeness (QED) is 0.459. The Labute approximate surface area is 96.6 Å². The highest BCUT2D eigenvalue weighted by atomic mass is 16.6. The van der Waals surface area contributed by atoms with Crippen LogP contribution in [-0.2, 0) is 0 Å². The Kier molecular flexibility index (Phi) is 2.70. The lowest BCUT2D eigenvalue weighted by Gasteiger charge is -2.04. The summed E-state index contributed by atoms with van der Waals surface area (Å²) in [5.41, 5.74) is 0.516. The summed E-state index contributed by atoms with van der Waals surface area (Å²) in [5.74, 6) is -0.342. The van der Waals surface area contributed by atoms with Crippen molar-refractivity contribution in [1.29, 1.82) is 0 Å². The summed E-state index contributed by atoms with van der Waals surface area (Å²) in [7, 11) is 0. The Hall–Kier alpha value is -2.50. The van der Waals surface area contributed by atoms with Gasteiger partial charge in [-0.3, -0.25) is 14.9 Å². The molecule has 0 bridgehead atoms. The Morgan fingerprint density at radius 2 is 2.24 bits per heavy atom. The van der Waals surface area contributed by atoms with Gasteiger partial charge in [0, 0.05) is 18.5 Å². The van der Waals surface area contributed by atoms with Gasteiger partial charge in [0.15, 0.2) is 5.78 Å². The number of hydrogen-bond donors (Lipinski definition) is 0. The van der Waals surface area contributed by atoms with Gasteiger partial charge in [-0.25, -0.2) is 4.68 Å². The maximum Gasteiger partial charge on any atom is 0.280 e. The maximum absolute atomic E-state index is 11.4. The van der Waals surface area contributed by atoms with Crippen LogP contribution in [0.1, 0.15) is 17.3 Å². The standard InChI is InChI=1S/C11H9N3O3/c1-8(15)10-7-9(13-6-2-5-12-13)3-4-11(10)14(16)17/h2-7H,1H3. The molecule has 0 spiro atoms. The fraction of sp³-hybridized carbons (Fsp3) is 0.0909. The third kappa shape index (κ3) is 2.05. The number of carbonyl (C=O) groups is 1. The van der Waals surface area contributed by atoms with Crippen LogP contribution in [0.5, 0.6) is 0 Å². The highest BCUT2D eigenvalue weighted by Gasteiger charge is 2.17. The van der Waals surface area contributed by atoms with Crippen LogP contribution in [-0.4, -0.2) is 20.5 Å². The molecule has 2 aromatic rings. The lowest BCUT2D eigenvalue weighted by molar-refractivity contribution is -0.385.